The number of hydrogen-bond donors (Lipinski definition) is 0. The van der Waals surface area contributed by atoms with Crippen molar-refractivity contribution in [1.29, 1.82) is 0 Å². The van der Waals surface area contributed by atoms with Gasteiger partial charge in [-0.15, -0.1) is 0 Å². The Morgan fingerprint density at radius 1 is 0.458 bits per heavy atom. The molecule has 0 fully saturated rings. The van der Waals surface area contributed by atoms with Gasteiger partial charge in [-0.05, 0) is 21.5 Å². The van der Waals surface area contributed by atoms with Crippen LogP contribution < -0.4 is 0 Å². The van der Waals surface area contributed by atoms with Gasteiger partial charge in [-0.25, -0.2) is 0 Å². The van der Waals surface area contributed by atoms with E-state index in [0.29, 0.717) is 0 Å². The van der Waals surface area contributed by atoms with Crippen molar-refractivity contribution in [2.24, 2.45) is 0 Å². The molecule has 0 spiro atoms. The van der Waals surface area contributed by atoms with E-state index in [1.165, 1.54) is 0 Å². The molecule has 0 atom stereocenters. The lowest BCUT2D eigenvalue weighted by Crippen LogP contribution is -1.81. The van der Waals surface area contributed by atoms with Gasteiger partial charge >= 0.3 is 0 Å². The van der Waals surface area contributed by atoms with Crippen LogP contribution in [0.1, 0.15) is 20.7 Å². The lowest BCUT2D eigenvalue weighted by molar-refractivity contribution is 0.111. The van der Waals surface area contributed by atoms with Crippen molar-refractivity contribution in [1.82, 2.24) is 0 Å². The van der Waals surface area contributed by atoms with Gasteiger partial charge in [0.25, 0.3) is 0 Å². The Kier molecular flexibility index (Phi) is 4.78. The molecule has 0 bridgehead atoms. The minimum Gasteiger partial charge on any atom is -0.298 e. The van der Waals surface area contributed by atoms with Gasteiger partial charge in [-0.1, -0.05) is 84.9 Å². The first-order valence-electron chi connectivity index (χ1n) is 7.69. The Labute approximate surface area is 140 Å². The van der Waals surface area contributed by atoms with Crippen molar-refractivity contribution in [2.45, 2.75) is 0 Å². The van der Waals surface area contributed by atoms with E-state index in [2.05, 4.69) is 0 Å². The van der Waals surface area contributed by atoms with Gasteiger partial charge in [-0.2, -0.15) is 0 Å². The topological polar surface area (TPSA) is 34.1 Å². The smallest absolute Gasteiger partial charge is 0.150 e. The molecule has 0 aliphatic rings. The summed E-state index contributed by atoms with van der Waals surface area (Å²) in [4.78, 5) is 21.2. The fourth-order valence-corrected chi connectivity index (χ4v) is 2.71. The van der Waals surface area contributed by atoms with Gasteiger partial charge in [-0.3, -0.25) is 9.59 Å². The van der Waals surface area contributed by atoms with Crippen molar-refractivity contribution >= 4 is 34.1 Å². The molecule has 4 rings (SSSR count). The van der Waals surface area contributed by atoms with Gasteiger partial charge in [0.05, 0.1) is 0 Å². The molecule has 0 radical (unpaired) electrons. The van der Waals surface area contributed by atoms with Crippen LogP contribution in [0, 0.1) is 0 Å². The fourth-order valence-electron chi connectivity index (χ4n) is 2.71. The van der Waals surface area contributed by atoms with Crippen LogP contribution in [0.2, 0.25) is 0 Å². The molecule has 4 aromatic carbocycles. The second-order valence-corrected chi connectivity index (χ2v) is 5.37. The van der Waals surface area contributed by atoms with Crippen molar-refractivity contribution in [3.63, 3.8) is 0 Å². The molecule has 0 aromatic heterocycles. The van der Waals surface area contributed by atoms with Gasteiger partial charge in [0.15, 0.2) is 12.6 Å². The Balaban J connectivity index is 0.000000141. The molecule has 116 valence electrons. The second-order valence-electron chi connectivity index (χ2n) is 5.37. The summed E-state index contributed by atoms with van der Waals surface area (Å²) in [6.45, 7) is 0. The number of carbonyl (C=O) groups is 2. The molecule has 2 nitrogen and oxygen atoms in total. The second kappa shape index (κ2) is 7.34. The third-order valence-electron chi connectivity index (χ3n) is 3.90. The lowest BCUT2D eigenvalue weighted by atomic mass is 10.1. The molecule has 0 aliphatic carbocycles. The van der Waals surface area contributed by atoms with Crippen molar-refractivity contribution in [3.05, 3.63) is 96.1 Å². The molecule has 0 N–H and O–H groups in total. The lowest BCUT2D eigenvalue weighted by Gasteiger charge is -1.98. The first-order valence-corrected chi connectivity index (χ1v) is 7.69. The van der Waals surface area contributed by atoms with E-state index >= 15 is 0 Å². The Hall–Kier alpha value is -3.26. The minimum atomic E-state index is 0.758. The standard InChI is InChI=1S/2C11H8O/c2*12-8-10-6-3-5-9-4-1-2-7-11(9)10/h2*1-8H. The quantitative estimate of drug-likeness (QED) is 0.470. The molecule has 0 heterocycles. The van der Waals surface area contributed by atoms with Crippen molar-refractivity contribution in [3.8, 4) is 0 Å². The maximum absolute atomic E-state index is 10.6. The van der Waals surface area contributed by atoms with Crippen LogP contribution in [0.4, 0.5) is 0 Å². The molecular weight excluding hydrogens is 296 g/mol. The van der Waals surface area contributed by atoms with E-state index in [9.17, 15) is 9.59 Å². The molecule has 0 saturated heterocycles. The van der Waals surface area contributed by atoms with Crippen LogP contribution in [0.15, 0.2) is 84.9 Å². The monoisotopic (exact) mass is 312 g/mol. The molecule has 0 unspecified atom stereocenters. The third-order valence-corrected chi connectivity index (χ3v) is 3.90. The third kappa shape index (κ3) is 3.23. The minimum absolute atomic E-state index is 0.758. The predicted octanol–water partition coefficient (Wildman–Crippen LogP) is 5.30. The van der Waals surface area contributed by atoms with Gasteiger partial charge < -0.3 is 0 Å². The average molecular weight is 312 g/mol. The van der Waals surface area contributed by atoms with E-state index in [-0.39, 0.29) is 0 Å². The molecular formula is C22H16O2. The Morgan fingerprint density at radius 2 is 0.833 bits per heavy atom. The first-order chi connectivity index (χ1) is 11.8. The largest absolute Gasteiger partial charge is 0.298 e. The summed E-state index contributed by atoms with van der Waals surface area (Å²) in [5.74, 6) is 0. The number of rotatable bonds is 2. The molecule has 2 heteroatoms. The zero-order valence-corrected chi connectivity index (χ0v) is 13.1. The van der Waals surface area contributed by atoms with Crippen LogP contribution >= 0.6 is 0 Å². The summed E-state index contributed by atoms with van der Waals surface area (Å²) in [5.41, 5.74) is 1.52. The number of aldehydes is 2. The van der Waals surface area contributed by atoms with E-state index < -0.39 is 0 Å². The number of hydrogen-bond acceptors (Lipinski definition) is 2. The number of benzene rings is 4. The summed E-state index contributed by atoms with van der Waals surface area (Å²) >= 11 is 0. The molecule has 0 saturated carbocycles. The van der Waals surface area contributed by atoms with Gasteiger partial charge in [0.1, 0.15) is 0 Å². The summed E-state index contributed by atoms with van der Waals surface area (Å²) in [7, 11) is 0. The predicted molar refractivity (Wildman–Crippen MR) is 98.7 cm³/mol. The van der Waals surface area contributed by atoms with Gasteiger partial charge in [0.2, 0.25) is 0 Å². The van der Waals surface area contributed by atoms with Crippen LogP contribution in [-0.2, 0) is 0 Å². The Morgan fingerprint density at radius 3 is 1.25 bits per heavy atom. The highest BCUT2D eigenvalue weighted by atomic mass is 16.1. The van der Waals surface area contributed by atoms with E-state index in [0.717, 1.165) is 45.2 Å². The summed E-state index contributed by atoms with van der Waals surface area (Å²) in [6.07, 6.45) is 1.78. The van der Waals surface area contributed by atoms with E-state index in [1.807, 2.05) is 84.9 Å². The van der Waals surface area contributed by atoms with Crippen LogP contribution in [0.5, 0.6) is 0 Å². The van der Waals surface area contributed by atoms with E-state index in [1.54, 1.807) is 0 Å². The number of carbonyl (C=O) groups excluding carboxylic acids is 2. The first kappa shape index (κ1) is 15.6. The highest BCUT2D eigenvalue weighted by molar-refractivity contribution is 5.98. The van der Waals surface area contributed by atoms with E-state index in [4.69, 9.17) is 0 Å². The molecule has 24 heavy (non-hydrogen) atoms. The normalized spacial score (nSPS) is 10.0. The summed E-state index contributed by atoms with van der Waals surface area (Å²) in [6, 6.07) is 27.2. The van der Waals surface area contributed by atoms with Crippen LogP contribution in [-0.4, -0.2) is 12.6 Å². The van der Waals surface area contributed by atoms with Crippen LogP contribution in [0.3, 0.4) is 0 Å². The SMILES string of the molecule is O=Cc1cccc2ccccc12.O=Cc1cccc2ccccc12. The molecule has 0 aliphatic heterocycles. The maximum atomic E-state index is 10.6. The Bertz CT molecular complexity index is 909. The van der Waals surface area contributed by atoms with Crippen molar-refractivity contribution in [2.75, 3.05) is 0 Å². The van der Waals surface area contributed by atoms with Crippen molar-refractivity contribution < 1.29 is 9.59 Å². The highest BCUT2D eigenvalue weighted by Gasteiger charge is 1.97. The average Bonchev–Trinajstić information content (AvgIpc) is 2.67. The summed E-state index contributed by atoms with van der Waals surface area (Å²) < 4.78 is 0. The van der Waals surface area contributed by atoms with Crippen LogP contribution in [0.25, 0.3) is 21.5 Å². The maximum Gasteiger partial charge on any atom is 0.150 e. The zero-order chi connectivity index (χ0) is 16.8. The zero-order valence-electron chi connectivity index (χ0n) is 13.1. The fraction of sp³-hybridized carbons (Fsp3) is 0. The summed E-state index contributed by atoms with van der Waals surface area (Å²) in [5, 5.41) is 4.27. The molecule has 0 amide bonds. The number of fused-ring (bicyclic) bond motifs is 2. The molecule has 4 aromatic rings. The van der Waals surface area contributed by atoms with Gasteiger partial charge in [0, 0.05) is 11.1 Å². The highest BCUT2D eigenvalue weighted by Crippen LogP contribution is 2.17.